The van der Waals surface area contributed by atoms with E-state index in [2.05, 4.69) is 14.9 Å². The van der Waals surface area contributed by atoms with Crippen molar-refractivity contribution in [3.63, 3.8) is 0 Å². The minimum atomic E-state index is -2.91. The predicted octanol–water partition coefficient (Wildman–Crippen LogP) is 5.31. The van der Waals surface area contributed by atoms with Crippen LogP contribution in [0.15, 0.2) is 47.0 Å². The Morgan fingerprint density at radius 3 is 2.65 bits per heavy atom. The van der Waals surface area contributed by atoms with E-state index in [-0.39, 0.29) is 17.5 Å². The molecule has 3 aromatic rings. The second-order valence-electron chi connectivity index (χ2n) is 4.45. The van der Waals surface area contributed by atoms with Crippen molar-refractivity contribution in [3.8, 4) is 28.6 Å². The lowest BCUT2D eigenvalue weighted by Crippen LogP contribution is -2.01. The number of ether oxygens (including phenoxy) is 1. The van der Waals surface area contributed by atoms with Gasteiger partial charge in [-0.05, 0) is 36.4 Å². The van der Waals surface area contributed by atoms with Crippen molar-refractivity contribution >= 4 is 23.2 Å². The molecule has 23 heavy (non-hydrogen) atoms. The smallest absolute Gasteiger partial charge is 0.387 e. The molecule has 0 amide bonds. The minimum Gasteiger partial charge on any atom is -0.435 e. The van der Waals surface area contributed by atoms with Crippen molar-refractivity contribution in [1.29, 1.82) is 0 Å². The Morgan fingerprint density at radius 1 is 1.09 bits per heavy atom. The van der Waals surface area contributed by atoms with E-state index >= 15 is 0 Å². The lowest BCUT2D eigenvalue weighted by Gasteiger charge is -2.04. The number of hydrogen-bond donors (Lipinski definition) is 0. The Bertz CT molecular complexity index is 840. The van der Waals surface area contributed by atoms with E-state index in [4.69, 9.17) is 27.7 Å². The van der Waals surface area contributed by atoms with Crippen LogP contribution in [0.1, 0.15) is 0 Å². The Hall–Kier alpha value is -2.18. The van der Waals surface area contributed by atoms with Gasteiger partial charge in [-0.1, -0.05) is 34.4 Å². The zero-order chi connectivity index (χ0) is 16.4. The molecule has 1 aromatic heterocycles. The van der Waals surface area contributed by atoms with Crippen LogP contribution in [0.4, 0.5) is 8.78 Å². The van der Waals surface area contributed by atoms with Crippen LogP contribution in [-0.4, -0.2) is 16.8 Å². The molecule has 0 saturated heterocycles. The molecule has 118 valence electrons. The van der Waals surface area contributed by atoms with Crippen LogP contribution in [0.25, 0.3) is 22.8 Å². The van der Waals surface area contributed by atoms with Crippen LogP contribution in [0.3, 0.4) is 0 Å². The quantitative estimate of drug-likeness (QED) is 0.635. The molecule has 0 fully saturated rings. The summed E-state index contributed by atoms with van der Waals surface area (Å²) in [5, 5.41) is 4.70. The van der Waals surface area contributed by atoms with Gasteiger partial charge in [-0.15, -0.1) is 0 Å². The van der Waals surface area contributed by atoms with Crippen LogP contribution in [0.2, 0.25) is 10.0 Å². The van der Waals surface area contributed by atoms with E-state index in [1.54, 1.807) is 30.3 Å². The van der Waals surface area contributed by atoms with Crippen LogP contribution in [-0.2, 0) is 0 Å². The molecule has 0 spiro atoms. The lowest BCUT2D eigenvalue weighted by atomic mass is 10.2. The number of benzene rings is 2. The normalized spacial score (nSPS) is 11.0. The first-order valence-electron chi connectivity index (χ1n) is 6.37. The lowest BCUT2D eigenvalue weighted by molar-refractivity contribution is -0.0498. The molecule has 0 bridgehead atoms. The fourth-order valence-corrected chi connectivity index (χ4v) is 2.42. The number of alkyl halides is 2. The van der Waals surface area contributed by atoms with Gasteiger partial charge >= 0.3 is 6.61 Å². The maximum absolute atomic E-state index is 12.3. The van der Waals surface area contributed by atoms with Gasteiger partial charge in [0.25, 0.3) is 5.89 Å². The number of halogens is 4. The standard InChI is InChI=1S/C15H8Cl2F2N2O2/c16-9-4-5-11(12(17)7-9)13-20-14(23-21-13)8-2-1-3-10(6-8)22-15(18)19/h1-7,15H. The summed E-state index contributed by atoms with van der Waals surface area (Å²) >= 11 is 11.9. The second kappa shape index (κ2) is 6.52. The van der Waals surface area contributed by atoms with Crippen LogP contribution < -0.4 is 4.74 Å². The van der Waals surface area contributed by atoms with Gasteiger partial charge in [0.05, 0.1) is 5.02 Å². The molecule has 0 unspecified atom stereocenters. The zero-order valence-corrected chi connectivity index (χ0v) is 12.9. The summed E-state index contributed by atoms with van der Waals surface area (Å²) in [6.45, 7) is -2.91. The highest BCUT2D eigenvalue weighted by molar-refractivity contribution is 6.36. The summed E-state index contributed by atoms with van der Waals surface area (Å²) in [5.41, 5.74) is 0.998. The SMILES string of the molecule is FC(F)Oc1cccc(-c2nc(-c3ccc(Cl)cc3Cl)no2)c1. The Morgan fingerprint density at radius 2 is 1.91 bits per heavy atom. The molecule has 1 heterocycles. The molecule has 2 aromatic carbocycles. The van der Waals surface area contributed by atoms with Crippen LogP contribution in [0, 0.1) is 0 Å². The Balaban J connectivity index is 1.93. The fraction of sp³-hybridized carbons (Fsp3) is 0.0667. The molecule has 0 aliphatic heterocycles. The van der Waals surface area contributed by atoms with Gasteiger partial charge in [0, 0.05) is 16.1 Å². The molecule has 0 atom stereocenters. The topological polar surface area (TPSA) is 48.2 Å². The van der Waals surface area contributed by atoms with Gasteiger partial charge < -0.3 is 9.26 Å². The molecule has 0 aliphatic rings. The van der Waals surface area contributed by atoms with Gasteiger partial charge in [-0.3, -0.25) is 0 Å². The highest BCUT2D eigenvalue weighted by Gasteiger charge is 2.14. The highest BCUT2D eigenvalue weighted by Crippen LogP contribution is 2.30. The summed E-state index contributed by atoms with van der Waals surface area (Å²) in [7, 11) is 0. The maximum Gasteiger partial charge on any atom is 0.387 e. The van der Waals surface area contributed by atoms with Crippen molar-refractivity contribution in [2.75, 3.05) is 0 Å². The van der Waals surface area contributed by atoms with Crippen molar-refractivity contribution in [1.82, 2.24) is 10.1 Å². The van der Waals surface area contributed by atoms with Crippen molar-refractivity contribution in [3.05, 3.63) is 52.5 Å². The molecule has 4 nitrogen and oxygen atoms in total. The second-order valence-corrected chi connectivity index (χ2v) is 5.30. The van der Waals surface area contributed by atoms with Gasteiger partial charge in [0.1, 0.15) is 5.75 Å². The van der Waals surface area contributed by atoms with Crippen molar-refractivity contribution in [2.45, 2.75) is 6.61 Å². The Labute approximate surface area is 139 Å². The highest BCUT2D eigenvalue weighted by atomic mass is 35.5. The Kier molecular flexibility index (Phi) is 4.45. The summed E-state index contributed by atoms with van der Waals surface area (Å²) in [4.78, 5) is 4.21. The molecule has 3 rings (SSSR count). The summed E-state index contributed by atoms with van der Waals surface area (Å²) < 4.78 is 34.0. The van der Waals surface area contributed by atoms with Crippen molar-refractivity contribution < 1.29 is 18.0 Å². The molecular weight excluding hydrogens is 349 g/mol. The monoisotopic (exact) mass is 356 g/mol. The third kappa shape index (κ3) is 3.60. The maximum atomic E-state index is 12.3. The van der Waals surface area contributed by atoms with E-state index in [9.17, 15) is 8.78 Å². The fourth-order valence-electron chi connectivity index (χ4n) is 1.93. The number of hydrogen-bond acceptors (Lipinski definition) is 4. The van der Waals surface area contributed by atoms with Crippen LogP contribution >= 0.6 is 23.2 Å². The largest absolute Gasteiger partial charge is 0.435 e. The molecule has 0 saturated carbocycles. The predicted molar refractivity (Wildman–Crippen MR) is 81.8 cm³/mol. The summed E-state index contributed by atoms with van der Waals surface area (Å²) in [6.07, 6.45) is 0. The van der Waals surface area contributed by atoms with Crippen LogP contribution in [0.5, 0.6) is 5.75 Å². The first kappa shape index (κ1) is 15.7. The van der Waals surface area contributed by atoms with Gasteiger partial charge in [-0.2, -0.15) is 13.8 Å². The molecule has 8 heteroatoms. The van der Waals surface area contributed by atoms with Gasteiger partial charge in [0.2, 0.25) is 5.82 Å². The van der Waals surface area contributed by atoms with E-state index in [0.717, 1.165) is 0 Å². The average Bonchev–Trinajstić information content (AvgIpc) is 2.96. The third-order valence-corrected chi connectivity index (χ3v) is 3.45. The number of aromatic nitrogens is 2. The van der Waals surface area contributed by atoms with Crippen molar-refractivity contribution in [2.24, 2.45) is 0 Å². The van der Waals surface area contributed by atoms with E-state index in [1.807, 2.05) is 0 Å². The molecule has 0 N–H and O–H groups in total. The third-order valence-electron chi connectivity index (χ3n) is 2.90. The van der Waals surface area contributed by atoms with E-state index in [1.165, 1.54) is 12.1 Å². The molecule has 0 radical (unpaired) electrons. The molecular formula is C15H8Cl2F2N2O2. The minimum absolute atomic E-state index is 0.00164. The average molecular weight is 357 g/mol. The van der Waals surface area contributed by atoms with Gasteiger partial charge in [0.15, 0.2) is 0 Å². The summed E-state index contributed by atoms with van der Waals surface area (Å²) in [5.74, 6) is 0.425. The molecule has 0 aliphatic carbocycles. The zero-order valence-electron chi connectivity index (χ0n) is 11.3. The van der Waals surface area contributed by atoms with Gasteiger partial charge in [-0.25, -0.2) is 0 Å². The van der Waals surface area contributed by atoms with E-state index in [0.29, 0.717) is 21.2 Å². The van der Waals surface area contributed by atoms with E-state index < -0.39 is 6.61 Å². The first-order chi connectivity index (χ1) is 11.0. The number of rotatable bonds is 4. The summed E-state index contributed by atoms with van der Waals surface area (Å²) in [6, 6.07) is 10.8. The first-order valence-corrected chi connectivity index (χ1v) is 7.13. The number of nitrogens with zero attached hydrogens (tertiary/aromatic N) is 2.